The Morgan fingerprint density at radius 3 is 2.64 bits per heavy atom. The lowest BCUT2D eigenvalue weighted by Crippen LogP contribution is -2.26. The topological polar surface area (TPSA) is 20.3 Å². The molecule has 0 radical (unpaired) electrons. The van der Waals surface area contributed by atoms with Crippen LogP contribution in [0.25, 0.3) is 0 Å². The molecule has 0 bridgehead atoms. The van der Waals surface area contributed by atoms with Gasteiger partial charge in [-0.3, -0.25) is 4.79 Å². The Bertz CT molecular complexity index is 349. The fourth-order valence-corrected chi connectivity index (χ4v) is 1.69. The summed E-state index contributed by atoms with van der Waals surface area (Å²) in [5, 5.41) is 0. The maximum atomic E-state index is 11.8. The van der Waals surface area contributed by atoms with Crippen LogP contribution in [0.4, 0.5) is 0 Å². The van der Waals surface area contributed by atoms with E-state index in [1.54, 1.807) is 4.90 Å². The van der Waals surface area contributed by atoms with Crippen LogP contribution in [0.3, 0.4) is 0 Å². The van der Waals surface area contributed by atoms with Gasteiger partial charge in [0.2, 0.25) is 0 Å². The van der Waals surface area contributed by atoms with Gasteiger partial charge in [0, 0.05) is 23.6 Å². The van der Waals surface area contributed by atoms with Gasteiger partial charge in [0.1, 0.15) is 0 Å². The number of carbonyl (C=O) groups is 1. The highest BCUT2D eigenvalue weighted by Gasteiger charge is 2.12. The Morgan fingerprint density at radius 1 is 1.50 bits per heavy atom. The summed E-state index contributed by atoms with van der Waals surface area (Å²) in [6.45, 7) is 4.64. The van der Waals surface area contributed by atoms with Crippen molar-refractivity contribution >= 4 is 21.8 Å². The highest BCUT2D eigenvalue weighted by Crippen LogP contribution is 2.16. The first-order valence-electron chi connectivity index (χ1n) is 4.58. The quantitative estimate of drug-likeness (QED) is 0.796. The molecule has 0 saturated carbocycles. The van der Waals surface area contributed by atoms with Crippen LogP contribution in [0.2, 0.25) is 0 Å². The van der Waals surface area contributed by atoms with Crippen LogP contribution < -0.4 is 0 Å². The average Bonchev–Trinajstić information content (AvgIpc) is 2.15. The monoisotopic (exact) mass is 255 g/mol. The number of halogens is 1. The van der Waals surface area contributed by atoms with Gasteiger partial charge in [0.15, 0.2) is 0 Å². The SMILES string of the molecule is CCN(C)C(=O)c1ccc(Br)cc1C. The van der Waals surface area contributed by atoms with Gasteiger partial charge in [0.05, 0.1) is 0 Å². The zero-order valence-electron chi connectivity index (χ0n) is 8.67. The van der Waals surface area contributed by atoms with Crippen molar-refractivity contribution in [3.05, 3.63) is 33.8 Å². The average molecular weight is 256 g/mol. The van der Waals surface area contributed by atoms with Crippen LogP contribution in [-0.2, 0) is 0 Å². The molecule has 0 aliphatic carbocycles. The first-order chi connectivity index (χ1) is 6.56. The van der Waals surface area contributed by atoms with E-state index in [4.69, 9.17) is 0 Å². The van der Waals surface area contributed by atoms with Gasteiger partial charge in [-0.05, 0) is 37.6 Å². The number of carbonyl (C=O) groups excluding carboxylic acids is 1. The van der Waals surface area contributed by atoms with E-state index in [2.05, 4.69) is 15.9 Å². The zero-order valence-corrected chi connectivity index (χ0v) is 10.3. The highest BCUT2D eigenvalue weighted by atomic mass is 79.9. The lowest BCUT2D eigenvalue weighted by atomic mass is 10.1. The molecule has 1 aromatic rings. The maximum absolute atomic E-state index is 11.8. The van der Waals surface area contributed by atoms with E-state index < -0.39 is 0 Å². The molecule has 14 heavy (non-hydrogen) atoms. The van der Waals surface area contributed by atoms with Crippen LogP contribution in [0.5, 0.6) is 0 Å². The molecular weight excluding hydrogens is 242 g/mol. The molecule has 1 aromatic carbocycles. The Balaban J connectivity index is 3.02. The number of nitrogens with zero attached hydrogens (tertiary/aromatic N) is 1. The summed E-state index contributed by atoms with van der Waals surface area (Å²) < 4.78 is 1.01. The molecular formula is C11H14BrNO. The molecule has 0 heterocycles. The fourth-order valence-electron chi connectivity index (χ4n) is 1.22. The number of benzene rings is 1. The van der Waals surface area contributed by atoms with Crippen molar-refractivity contribution in [2.24, 2.45) is 0 Å². The minimum Gasteiger partial charge on any atom is -0.342 e. The van der Waals surface area contributed by atoms with Crippen LogP contribution in [-0.4, -0.2) is 24.4 Å². The highest BCUT2D eigenvalue weighted by molar-refractivity contribution is 9.10. The van der Waals surface area contributed by atoms with E-state index in [1.807, 2.05) is 39.1 Å². The van der Waals surface area contributed by atoms with Gasteiger partial charge in [-0.2, -0.15) is 0 Å². The summed E-state index contributed by atoms with van der Waals surface area (Å²) in [5.74, 6) is 0.0810. The van der Waals surface area contributed by atoms with Crippen LogP contribution in [0, 0.1) is 6.92 Å². The third-order valence-corrected chi connectivity index (χ3v) is 2.73. The van der Waals surface area contributed by atoms with Crippen molar-refractivity contribution in [3.63, 3.8) is 0 Å². The lowest BCUT2D eigenvalue weighted by molar-refractivity contribution is 0.0801. The Kier molecular flexibility index (Phi) is 3.69. The number of hydrogen-bond acceptors (Lipinski definition) is 1. The molecule has 76 valence electrons. The Labute approximate surface area is 93.0 Å². The van der Waals surface area contributed by atoms with Crippen molar-refractivity contribution < 1.29 is 4.79 Å². The van der Waals surface area contributed by atoms with Gasteiger partial charge in [-0.25, -0.2) is 0 Å². The lowest BCUT2D eigenvalue weighted by Gasteiger charge is -2.15. The fraction of sp³-hybridized carbons (Fsp3) is 0.364. The molecule has 0 N–H and O–H groups in total. The second-order valence-electron chi connectivity index (χ2n) is 3.28. The van der Waals surface area contributed by atoms with Gasteiger partial charge < -0.3 is 4.90 Å². The van der Waals surface area contributed by atoms with Crippen LogP contribution >= 0.6 is 15.9 Å². The molecule has 0 unspecified atom stereocenters. The van der Waals surface area contributed by atoms with E-state index in [9.17, 15) is 4.79 Å². The van der Waals surface area contributed by atoms with Crippen LogP contribution in [0.1, 0.15) is 22.8 Å². The summed E-state index contributed by atoms with van der Waals surface area (Å²) >= 11 is 3.37. The van der Waals surface area contributed by atoms with Crippen molar-refractivity contribution in [2.75, 3.05) is 13.6 Å². The number of amides is 1. The van der Waals surface area contributed by atoms with E-state index in [-0.39, 0.29) is 5.91 Å². The van der Waals surface area contributed by atoms with Gasteiger partial charge in [-0.15, -0.1) is 0 Å². The van der Waals surface area contributed by atoms with E-state index in [1.165, 1.54) is 0 Å². The predicted molar refractivity (Wildman–Crippen MR) is 61.5 cm³/mol. The molecule has 0 saturated heterocycles. The Morgan fingerprint density at radius 2 is 2.14 bits per heavy atom. The third-order valence-electron chi connectivity index (χ3n) is 2.24. The third kappa shape index (κ3) is 2.35. The molecule has 2 nitrogen and oxygen atoms in total. The number of hydrogen-bond donors (Lipinski definition) is 0. The summed E-state index contributed by atoms with van der Waals surface area (Å²) in [5.41, 5.74) is 1.78. The zero-order chi connectivity index (χ0) is 10.7. The summed E-state index contributed by atoms with van der Waals surface area (Å²) in [7, 11) is 1.81. The molecule has 0 aliphatic heterocycles. The molecule has 0 fully saturated rings. The van der Waals surface area contributed by atoms with Gasteiger partial charge >= 0.3 is 0 Å². The summed E-state index contributed by atoms with van der Waals surface area (Å²) in [6, 6.07) is 5.70. The minimum absolute atomic E-state index is 0.0810. The largest absolute Gasteiger partial charge is 0.342 e. The second kappa shape index (κ2) is 4.60. The van der Waals surface area contributed by atoms with Crippen molar-refractivity contribution in [2.45, 2.75) is 13.8 Å². The second-order valence-corrected chi connectivity index (χ2v) is 4.19. The van der Waals surface area contributed by atoms with Gasteiger partial charge in [-0.1, -0.05) is 15.9 Å². The minimum atomic E-state index is 0.0810. The maximum Gasteiger partial charge on any atom is 0.253 e. The standard InChI is InChI=1S/C11H14BrNO/c1-4-13(3)11(14)10-6-5-9(12)7-8(10)2/h5-7H,4H2,1-3H3. The first kappa shape index (κ1) is 11.2. The van der Waals surface area contributed by atoms with E-state index in [0.29, 0.717) is 0 Å². The molecule has 1 rings (SSSR count). The molecule has 0 aromatic heterocycles. The summed E-state index contributed by atoms with van der Waals surface area (Å²) in [4.78, 5) is 13.5. The van der Waals surface area contributed by atoms with Crippen molar-refractivity contribution in [3.8, 4) is 0 Å². The predicted octanol–water partition coefficient (Wildman–Crippen LogP) is 2.85. The van der Waals surface area contributed by atoms with Crippen molar-refractivity contribution in [1.29, 1.82) is 0 Å². The Hall–Kier alpha value is -0.830. The van der Waals surface area contributed by atoms with Crippen LogP contribution in [0.15, 0.2) is 22.7 Å². The summed E-state index contributed by atoms with van der Waals surface area (Å²) in [6.07, 6.45) is 0. The smallest absolute Gasteiger partial charge is 0.253 e. The number of aryl methyl sites for hydroxylation is 1. The normalized spacial score (nSPS) is 10.0. The van der Waals surface area contributed by atoms with E-state index >= 15 is 0 Å². The molecule has 3 heteroatoms. The van der Waals surface area contributed by atoms with Gasteiger partial charge in [0.25, 0.3) is 5.91 Å². The van der Waals surface area contributed by atoms with E-state index in [0.717, 1.165) is 22.1 Å². The van der Waals surface area contributed by atoms with Crippen molar-refractivity contribution in [1.82, 2.24) is 4.90 Å². The first-order valence-corrected chi connectivity index (χ1v) is 5.37. The molecule has 0 aliphatic rings. The number of rotatable bonds is 2. The molecule has 0 spiro atoms. The molecule has 0 atom stereocenters. The molecule has 1 amide bonds.